The molecule has 0 spiro atoms. The Labute approximate surface area is 187 Å². The van der Waals surface area contributed by atoms with Crippen molar-refractivity contribution < 1.29 is 23.8 Å². The Bertz CT molecular complexity index is 777. The molecule has 0 bridgehead atoms. The fourth-order valence-corrected chi connectivity index (χ4v) is 6.00. The minimum Gasteiger partial charge on any atom is -0.466 e. The Balaban J connectivity index is 2.05. The van der Waals surface area contributed by atoms with Gasteiger partial charge in [0.15, 0.2) is 11.6 Å². The molecule has 31 heavy (non-hydrogen) atoms. The van der Waals surface area contributed by atoms with Crippen molar-refractivity contribution in [2.75, 3.05) is 6.61 Å². The molecule has 5 nitrogen and oxygen atoms in total. The van der Waals surface area contributed by atoms with E-state index in [1.54, 1.807) is 0 Å². The van der Waals surface area contributed by atoms with Crippen LogP contribution in [0.1, 0.15) is 74.7 Å². The zero-order valence-corrected chi connectivity index (χ0v) is 20.5. The first-order valence-corrected chi connectivity index (χ1v) is 11.8. The molecule has 3 aliphatic rings. The van der Waals surface area contributed by atoms with E-state index in [1.165, 1.54) is 5.57 Å². The summed E-state index contributed by atoms with van der Waals surface area (Å²) in [6, 6.07) is 0. The van der Waals surface area contributed by atoms with Crippen molar-refractivity contribution in [1.29, 1.82) is 0 Å². The van der Waals surface area contributed by atoms with Crippen LogP contribution in [0.5, 0.6) is 0 Å². The smallest absolute Gasteiger partial charge is 0.312 e. The summed E-state index contributed by atoms with van der Waals surface area (Å²) in [6.07, 6.45) is 5.81. The summed E-state index contributed by atoms with van der Waals surface area (Å²) in [4.78, 5) is 25.9. The lowest BCUT2D eigenvalue weighted by Crippen LogP contribution is -2.36. The average Bonchev–Trinajstić information content (AvgIpc) is 3.06. The number of carbonyl (C=O) groups is 2. The summed E-state index contributed by atoms with van der Waals surface area (Å²) < 4.78 is 18.0. The molecule has 3 rings (SSSR count). The summed E-state index contributed by atoms with van der Waals surface area (Å²) in [6.45, 7) is 16.8. The third kappa shape index (κ3) is 4.68. The van der Waals surface area contributed by atoms with E-state index < -0.39 is 5.79 Å². The number of carbonyl (C=O) groups excluding carboxylic acids is 2. The van der Waals surface area contributed by atoms with Crippen LogP contribution >= 0.6 is 0 Å². The summed E-state index contributed by atoms with van der Waals surface area (Å²) in [7, 11) is 0. The molecule has 1 heterocycles. The van der Waals surface area contributed by atoms with Gasteiger partial charge in [-0.1, -0.05) is 39.3 Å². The maximum atomic E-state index is 13.3. The van der Waals surface area contributed by atoms with Crippen LogP contribution in [-0.2, 0) is 23.8 Å². The average molecular weight is 433 g/mol. The van der Waals surface area contributed by atoms with E-state index in [-0.39, 0.29) is 47.1 Å². The quantitative estimate of drug-likeness (QED) is 0.451. The maximum absolute atomic E-state index is 13.3. The highest BCUT2D eigenvalue weighted by Gasteiger charge is 2.61. The molecule has 2 unspecified atom stereocenters. The van der Waals surface area contributed by atoms with Crippen LogP contribution in [0.25, 0.3) is 0 Å². The van der Waals surface area contributed by atoms with Crippen LogP contribution in [0.3, 0.4) is 0 Å². The number of allylic oxidation sites excluding steroid dienone is 2. The minimum absolute atomic E-state index is 0.0473. The van der Waals surface area contributed by atoms with Gasteiger partial charge >= 0.3 is 5.97 Å². The molecule has 0 aromatic carbocycles. The zero-order valence-electron chi connectivity index (χ0n) is 20.5. The Hall–Kier alpha value is -1.46. The minimum atomic E-state index is -0.656. The topological polar surface area (TPSA) is 61.8 Å². The Kier molecular flexibility index (Phi) is 6.88. The Morgan fingerprint density at radius 1 is 1.26 bits per heavy atom. The number of hydrogen-bond acceptors (Lipinski definition) is 5. The molecule has 0 radical (unpaired) electrons. The Morgan fingerprint density at radius 2 is 1.94 bits per heavy atom. The van der Waals surface area contributed by atoms with Gasteiger partial charge < -0.3 is 14.2 Å². The second-order valence-corrected chi connectivity index (χ2v) is 10.7. The summed E-state index contributed by atoms with van der Waals surface area (Å²) in [5, 5.41) is 0. The SMILES string of the molecule is CCOC(=O)C1/C=C(\C)CC[C@@]2(C)/C(=C\C(=O)C(C)C1)[C@H]1OC(C)(C)O[C@H]1[C@@H]2C(C)C. The number of fused-ring (bicyclic) bond motifs is 3. The van der Waals surface area contributed by atoms with Gasteiger partial charge in [0.1, 0.15) is 6.10 Å². The van der Waals surface area contributed by atoms with Gasteiger partial charge in [0, 0.05) is 5.92 Å². The Morgan fingerprint density at radius 3 is 2.55 bits per heavy atom. The second kappa shape index (κ2) is 8.82. The van der Waals surface area contributed by atoms with E-state index in [9.17, 15) is 9.59 Å². The van der Waals surface area contributed by atoms with Crippen LogP contribution in [0.4, 0.5) is 0 Å². The highest BCUT2D eigenvalue weighted by Crippen LogP contribution is 2.59. The van der Waals surface area contributed by atoms with Crippen molar-refractivity contribution in [3.05, 3.63) is 23.3 Å². The molecule has 174 valence electrons. The molecule has 0 aromatic rings. The fraction of sp³-hybridized carbons (Fsp3) is 0.769. The first-order chi connectivity index (χ1) is 14.4. The van der Waals surface area contributed by atoms with E-state index in [0.717, 1.165) is 18.4 Å². The molecule has 6 atom stereocenters. The number of hydrogen-bond donors (Lipinski definition) is 0. The highest BCUT2D eigenvalue weighted by atomic mass is 16.8. The molecule has 5 heteroatoms. The van der Waals surface area contributed by atoms with Crippen molar-refractivity contribution in [2.45, 2.75) is 92.6 Å². The summed E-state index contributed by atoms with van der Waals surface area (Å²) in [5.41, 5.74) is 2.04. The zero-order chi connectivity index (χ0) is 23.1. The van der Waals surface area contributed by atoms with Crippen LogP contribution < -0.4 is 0 Å². The summed E-state index contributed by atoms with van der Waals surface area (Å²) in [5.74, 6) is -0.870. The molecule has 2 aliphatic carbocycles. The lowest BCUT2D eigenvalue weighted by molar-refractivity contribution is -0.162. The predicted molar refractivity (Wildman–Crippen MR) is 120 cm³/mol. The van der Waals surface area contributed by atoms with Gasteiger partial charge in [-0.15, -0.1) is 0 Å². The summed E-state index contributed by atoms with van der Waals surface area (Å²) >= 11 is 0. The van der Waals surface area contributed by atoms with Crippen molar-refractivity contribution in [2.24, 2.45) is 29.1 Å². The molecule has 2 fully saturated rings. The van der Waals surface area contributed by atoms with E-state index in [4.69, 9.17) is 14.2 Å². The number of ether oxygens (including phenoxy) is 3. The second-order valence-electron chi connectivity index (χ2n) is 10.7. The van der Waals surface area contributed by atoms with E-state index in [0.29, 0.717) is 18.9 Å². The van der Waals surface area contributed by atoms with Gasteiger partial charge in [-0.25, -0.2) is 0 Å². The van der Waals surface area contributed by atoms with Gasteiger partial charge in [0.2, 0.25) is 0 Å². The van der Waals surface area contributed by atoms with E-state index in [2.05, 4.69) is 27.7 Å². The molecule has 0 amide bonds. The molecule has 0 aromatic heterocycles. The van der Waals surface area contributed by atoms with Gasteiger partial charge in [-0.05, 0) is 75.9 Å². The largest absolute Gasteiger partial charge is 0.466 e. The molecular formula is C26H40O5. The van der Waals surface area contributed by atoms with Gasteiger partial charge in [0.05, 0.1) is 18.6 Å². The molecule has 0 N–H and O–H groups in total. The molecule has 1 saturated carbocycles. The van der Waals surface area contributed by atoms with Crippen molar-refractivity contribution in [1.82, 2.24) is 0 Å². The van der Waals surface area contributed by atoms with Gasteiger partial charge in [-0.3, -0.25) is 9.59 Å². The maximum Gasteiger partial charge on any atom is 0.312 e. The normalized spacial score (nSPS) is 41.5. The highest BCUT2D eigenvalue weighted by molar-refractivity contribution is 5.93. The molecular weight excluding hydrogens is 392 g/mol. The third-order valence-electron chi connectivity index (χ3n) is 7.41. The number of ketones is 1. The lowest BCUT2D eigenvalue weighted by Gasteiger charge is -2.39. The van der Waals surface area contributed by atoms with Crippen molar-refractivity contribution >= 4 is 11.8 Å². The van der Waals surface area contributed by atoms with Crippen LogP contribution in [0.2, 0.25) is 0 Å². The van der Waals surface area contributed by atoms with Crippen LogP contribution in [-0.4, -0.2) is 36.4 Å². The van der Waals surface area contributed by atoms with E-state index in [1.807, 2.05) is 39.8 Å². The number of esters is 1. The first-order valence-electron chi connectivity index (χ1n) is 11.8. The molecule has 1 aliphatic heterocycles. The standard InChI is InChI=1S/C26H40O5/c1-9-29-24(28)18-12-16(4)10-11-26(8)19(14-20(27)17(5)13-18)22-23(21(26)15(2)3)31-25(6,7)30-22/h12,14-15,17-18,21-23H,9-11,13H2,1-8H3/b16-12+,19-14-/t17?,18?,21-,22+,23-,26-/m0/s1. The van der Waals surface area contributed by atoms with E-state index >= 15 is 0 Å². The first kappa shape index (κ1) is 24.2. The van der Waals surface area contributed by atoms with Crippen LogP contribution in [0, 0.1) is 29.1 Å². The fourth-order valence-electron chi connectivity index (χ4n) is 6.00. The predicted octanol–water partition coefficient (Wildman–Crippen LogP) is 5.24. The van der Waals surface area contributed by atoms with Crippen LogP contribution in [0.15, 0.2) is 23.3 Å². The van der Waals surface area contributed by atoms with Crippen molar-refractivity contribution in [3.63, 3.8) is 0 Å². The van der Waals surface area contributed by atoms with Crippen molar-refractivity contribution in [3.8, 4) is 0 Å². The molecule has 1 saturated heterocycles. The lowest BCUT2D eigenvalue weighted by atomic mass is 9.68. The van der Waals surface area contributed by atoms with Gasteiger partial charge in [0.25, 0.3) is 0 Å². The third-order valence-corrected chi connectivity index (χ3v) is 7.41. The number of rotatable bonds is 3. The monoisotopic (exact) mass is 432 g/mol. The van der Waals surface area contributed by atoms with Gasteiger partial charge in [-0.2, -0.15) is 0 Å².